The largest absolute Gasteiger partial charge is 0.394 e. The molecule has 0 bridgehead atoms. The van der Waals surface area contributed by atoms with Crippen LogP contribution in [-0.2, 0) is 24.1 Å². The van der Waals surface area contributed by atoms with Crippen molar-refractivity contribution in [3.8, 4) is 0 Å². The van der Waals surface area contributed by atoms with E-state index in [2.05, 4.69) is 37.7 Å². The molecule has 2 amide bonds. The second-order valence-corrected chi connectivity index (χ2v) is 13.4. The van der Waals surface area contributed by atoms with E-state index in [9.17, 15) is 30.0 Å². The van der Waals surface area contributed by atoms with Crippen LogP contribution in [0.25, 0.3) is 10.8 Å². The first kappa shape index (κ1) is 42.2. The molecule has 4 aromatic rings. The fourth-order valence-electron chi connectivity index (χ4n) is 5.92. The van der Waals surface area contributed by atoms with E-state index in [1.807, 2.05) is 48.5 Å². The number of rotatable bonds is 21. The molecule has 0 saturated heterocycles. The lowest BCUT2D eigenvalue weighted by Crippen LogP contribution is -2.49. The number of anilines is 1. The lowest BCUT2D eigenvalue weighted by molar-refractivity contribution is -0.117. The molecule has 0 fully saturated rings. The quantitative estimate of drug-likeness (QED) is 0.0317. The van der Waals surface area contributed by atoms with E-state index in [0.717, 1.165) is 59.6 Å². The number of unbranched alkanes of at least 4 members (excludes halogenated alkanes) is 1. The molecule has 54 heavy (non-hydrogen) atoms. The Bertz CT molecular complexity index is 1880. The molecule has 0 aliphatic carbocycles. The van der Waals surface area contributed by atoms with Gasteiger partial charge in [-0.3, -0.25) is 14.6 Å². The summed E-state index contributed by atoms with van der Waals surface area (Å²) in [5.41, 5.74) is 21.6. The standard InChI is InChI=1S/C38H49ClN8O7/c39-31-20-45-32(33(47-31)37(42)53)36(41)44-17-4-3-7-23-12-13-24(27-9-2-1-8-26(23)27)18-28(40)38(54)46-25-14-10-22(11-15-25)6-5-16-43-19-29(49)34(51)35(52)30(50)21-48/h1-2,8-15,20,28-30,34-35,43,48-52H,3-7,16-19,21,40H2,(H2,41,44)(H2,42,53)(H,46,54)/t28-,29-,30+,34+,35+/m0/s1. The van der Waals surface area contributed by atoms with Gasteiger partial charge in [0.2, 0.25) is 5.91 Å². The summed E-state index contributed by atoms with van der Waals surface area (Å²) < 4.78 is 0. The Kier molecular flexibility index (Phi) is 16.2. The zero-order valence-electron chi connectivity index (χ0n) is 29.8. The number of hydrogen-bond acceptors (Lipinski definition) is 12. The Balaban J connectivity index is 1.23. The first-order valence-electron chi connectivity index (χ1n) is 17.7. The van der Waals surface area contributed by atoms with E-state index in [1.165, 1.54) is 6.20 Å². The number of aliphatic hydroxyl groups excluding tert-OH is 5. The SMILES string of the molecule is NC(=O)c1nc(Cl)cnc1C(N)=NCCCCc1ccc(C[C@H](N)C(=O)Nc2ccc(CCCNC[C@H](O)[C@@H](O)[C@H](O)[C@H](O)CO)cc2)c2ccccc12. The number of primary amides is 1. The van der Waals surface area contributed by atoms with E-state index in [0.29, 0.717) is 25.2 Å². The molecule has 16 heteroatoms. The van der Waals surface area contributed by atoms with Crippen LogP contribution in [0.2, 0.25) is 5.15 Å². The minimum Gasteiger partial charge on any atom is -0.394 e. The van der Waals surface area contributed by atoms with Gasteiger partial charge in [-0.25, -0.2) is 9.97 Å². The maximum absolute atomic E-state index is 13.1. The molecule has 15 nitrogen and oxygen atoms in total. The third-order valence-corrected chi connectivity index (χ3v) is 9.14. The van der Waals surface area contributed by atoms with E-state index >= 15 is 0 Å². The topological polar surface area (TPSA) is 276 Å². The molecule has 5 atom stereocenters. The zero-order chi connectivity index (χ0) is 39.2. The third kappa shape index (κ3) is 12.0. The van der Waals surface area contributed by atoms with Gasteiger partial charge in [-0.15, -0.1) is 0 Å². The molecule has 0 unspecified atom stereocenters. The van der Waals surface area contributed by atoms with Gasteiger partial charge >= 0.3 is 0 Å². The number of aliphatic hydroxyl groups is 5. The predicted octanol–water partition coefficient (Wildman–Crippen LogP) is 0.577. The van der Waals surface area contributed by atoms with Gasteiger partial charge in [-0.05, 0) is 84.7 Å². The summed E-state index contributed by atoms with van der Waals surface area (Å²) in [6, 6.07) is 18.8. The lowest BCUT2D eigenvalue weighted by atomic mass is 9.93. The molecule has 1 heterocycles. The number of aliphatic imine (C=N–C) groups is 1. The summed E-state index contributed by atoms with van der Waals surface area (Å²) >= 11 is 5.83. The number of nitrogens with two attached hydrogens (primary N) is 3. The second kappa shape index (κ2) is 20.8. The monoisotopic (exact) mass is 764 g/mol. The molecule has 4 rings (SSSR count). The number of nitrogens with zero attached hydrogens (tertiary/aromatic N) is 3. The van der Waals surface area contributed by atoms with Crippen LogP contribution in [0.5, 0.6) is 0 Å². The molecule has 0 saturated carbocycles. The number of benzene rings is 3. The number of hydrogen-bond donors (Lipinski definition) is 10. The summed E-state index contributed by atoms with van der Waals surface area (Å²) in [6.45, 7) is 0.217. The number of amidine groups is 1. The number of aryl methyl sites for hydroxylation is 2. The van der Waals surface area contributed by atoms with Crippen molar-refractivity contribution >= 4 is 45.7 Å². The van der Waals surface area contributed by atoms with Crippen LogP contribution in [0.3, 0.4) is 0 Å². The van der Waals surface area contributed by atoms with Crippen molar-refractivity contribution in [1.29, 1.82) is 0 Å². The van der Waals surface area contributed by atoms with Crippen molar-refractivity contribution in [2.45, 2.75) is 69.0 Å². The first-order chi connectivity index (χ1) is 25.9. The molecule has 1 aromatic heterocycles. The van der Waals surface area contributed by atoms with Crippen LogP contribution in [0.1, 0.15) is 52.1 Å². The van der Waals surface area contributed by atoms with E-state index in [4.69, 9.17) is 33.9 Å². The third-order valence-electron chi connectivity index (χ3n) is 8.96. The van der Waals surface area contributed by atoms with E-state index in [1.54, 1.807) is 0 Å². The number of nitrogens with one attached hydrogen (secondary N) is 2. The highest BCUT2D eigenvalue weighted by Crippen LogP contribution is 2.25. The van der Waals surface area contributed by atoms with Gasteiger partial charge in [0.05, 0.1) is 24.9 Å². The van der Waals surface area contributed by atoms with Gasteiger partial charge in [0.25, 0.3) is 5.91 Å². The van der Waals surface area contributed by atoms with Gasteiger partial charge in [0.1, 0.15) is 35.0 Å². The van der Waals surface area contributed by atoms with Crippen LogP contribution in [0.4, 0.5) is 5.69 Å². The van der Waals surface area contributed by atoms with Gasteiger partial charge in [0.15, 0.2) is 5.69 Å². The Morgan fingerprint density at radius 2 is 1.50 bits per heavy atom. The number of amides is 2. The highest BCUT2D eigenvalue weighted by molar-refractivity contribution is 6.29. The fourth-order valence-corrected chi connectivity index (χ4v) is 6.05. The molecule has 0 spiro atoms. The van der Waals surface area contributed by atoms with Crippen molar-refractivity contribution in [1.82, 2.24) is 15.3 Å². The predicted molar refractivity (Wildman–Crippen MR) is 207 cm³/mol. The normalized spacial score (nSPS) is 14.7. The number of aromatic nitrogens is 2. The molecule has 3 aromatic carbocycles. The molecule has 0 aliphatic rings. The van der Waals surface area contributed by atoms with Crippen molar-refractivity contribution in [2.75, 3.05) is 31.6 Å². The summed E-state index contributed by atoms with van der Waals surface area (Å²) in [7, 11) is 0. The Morgan fingerprint density at radius 1 is 0.833 bits per heavy atom. The van der Waals surface area contributed by atoms with Gasteiger partial charge < -0.3 is 53.4 Å². The van der Waals surface area contributed by atoms with E-state index in [-0.39, 0.29) is 34.8 Å². The number of halogens is 1. The van der Waals surface area contributed by atoms with Crippen LogP contribution in [-0.4, -0.2) is 110 Å². The van der Waals surface area contributed by atoms with Crippen LogP contribution < -0.4 is 27.8 Å². The average molecular weight is 765 g/mol. The summed E-state index contributed by atoms with van der Waals surface area (Å²) in [5.74, 6) is -1.03. The minimum absolute atomic E-state index is 0.000855. The van der Waals surface area contributed by atoms with Crippen molar-refractivity contribution in [3.63, 3.8) is 0 Å². The molecular formula is C38H49ClN8O7. The van der Waals surface area contributed by atoms with E-state index < -0.39 is 43.0 Å². The molecule has 0 radical (unpaired) electrons. The summed E-state index contributed by atoms with van der Waals surface area (Å²) in [6.07, 6.45) is -0.698. The van der Waals surface area contributed by atoms with Crippen LogP contribution in [0, 0.1) is 0 Å². The zero-order valence-corrected chi connectivity index (χ0v) is 30.6. The van der Waals surface area contributed by atoms with Crippen LogP contribution in [0.15, 0.2) is 71.9 Å². The van der Waals surface area contributed by atoms with Crippen molar-refractivity contribution in [3.05, 3.63) is 100 Å². The maximum Gasteiger partial charge on any atom is 0.269 e. The number of carbonyl (C=O) groups excluding carboxylic acids is 2. The van der Waals surface area contributed by atoms with Gasteiger partial charge in [0, 0.05) is 18.8 Å². The molecule has 13 N–H and O–H groups in total. The van der Waals surface area contributed by atoms with Crippen molar-refractivity contribution in [2.24, 2.45) is 22.2 Å². The Labute approximate surface area is 318 Å². The van der Waals surface area contributed by atoms with Gasteiger partial charge in [-0.1, -0.05) is 60.1 Å². The summed E-state index contributed by atoms with van der Waals surface area (Å²) in [4.78, 5) is 37.1. The highest BCUT2D eigenvalue weighted by atomic mass is 35.5. The minimum atomic E-state index is -1.66. The van der Waals surface area contributed by atoms with Crippen molar-refractivity contribution < 1.29 is 35.1 Å². The average Bonchev–Trinajstić information content (AvgIpc) is 3.17. The maximum atomic E-state index is 13.1. The number of fused-ring (bicyclic) bond motifs is 1. The Morgan fingerprint density at radius 3 is 2.19 bits per heavy atom. The lowest BCUT2D eigenvalue weighted by Gasteiger charge is -2.25. The summed E-state index contributed by atoms with van der Waals surface area (Å²) in [5, 5.41) is 56.0. The fraction of sp³-hybridized carbons (Fsp3) is 0.395. The first-order valence-corrected chi connectivity index (χ1v) is 18.1. The number of carbonyl (C=O) groups is 2. The van der Waals surface area contributed by atoms with Gasteiger partial charge in [-0.2, -0.15) is 0 Å². The molecular weight excluding hydrogens is 716 g/mol. The smallest absolute Gasteiger partial charge is 0.269 e. The molecule has 0 aliphatic heterocycles. The highest BCUT2D eigenvalue weighted by Gasteiger charge is 2.29. The van der Waals surface area contributed by atoms with Crippen LogP contribution >= 0.6 is 11.6 Å². The molecule has 290 valence electrons. The second-order valence-electron chi connectivity index (χ2n) is 13.0. The Hall–Kier alpha value is -4.58.